The van der Waals surface area contributed by atoms with E-state index in [-0.39, 0.29) is 5.76 Å². The molecule has 1 aromatic rings. The Bertz CT molecular complexity index is 539. The van der Waals surface area contributed by atoms with Gasteiger partial charge in [-0.3, -0.25) is 0 Å². The van der Waals surface area contributed by atoms with Gasteiger partial charge in [0, 0.05) is 11.1 Å². The van der Waals surface area contributed by atoms with Crippen molar-refractivity contribution in [2.45, 2.75) is 57.5 Å². The van der Waals surface area contributed by atoms with Gasteiger partial charge >= 0.3 is 5.97 Å². The van der Waals surface area contributed by atoms with Gasteiger partial charge in [-0.2, -0.15) is 0 Å². The number of carboxylic acid groups (broad SMARTS) is 1. The molecule has 4 heteroatoms. The van der Waals surface area contributed by atoms with Crippen LogP contribution in [0.3, 0.4) is 0 Å². The van der Waals surface area contributed by atoms with Crippen LogP contribution in [-0.4, -0.2) is 16.6 Å². The van der Waals surface area contributed by atoms with E-state index < -0.39 is 5.97 Å². The number of furan rings is 1. The summed E-state index contributed by atoms with van der Waals surface area (Å²) in [6, 6.07) is 1.86. The molecule has 4 aliphatic carbocycles. The minimum atomic E-state index is -0.978. The average Bonchev–Trinajstić information content (AvgIpc) is 2.76. The fourth-order valence-electron chi connectivity index (χ4n) is 5.45. The summed E-state index contributed by atoms with van der Waals surface area (Å²) in [4.78, 5) is 11.0. The van der Waals surface area contributed by atoms with Crippen molar-refractivity contribution in [2.75, 3.05) is 0 Å². The Morgan fingerprint density at radius 2 is 1.86 bits per heavy atom. The molecule has 4 bridgehead atoms. The molecule has 2 N–H and O–H groups in total. The number of rotatable bonds is 4. The van der Waals surface area contributed by atoms with Crippen LogP contribution in [0.15, 0.2) is 10.5 Å². The number of hydrogen-bond donors (Lipinski definition) is 2. The summed E-state index contributed by atoms with van der Waals surface area (Å²) in [5.41, 5.74) is 1.00. The van der Waals surface area contributed by atoms with E-state index in [0.717, 1.165) is 23.5 Å². The Balaban J connectivity index is 1.47. The SMILES string of the molecule is Cc1cc(CNC23CC4CC(CC(C4)C2)C3)oc1C(=O)O. The Morgan fingerprint density at radius 3 is 2.33 bits per heavy atom. The molecule has 5 rings (SSSR count). The normalized spacial score (nSPS) is 37.1. The largest absolute Gasteiger partial charge is 0.475 e. The third-order valence-electron chi connectivity index (χ3n) is 5.84. The molecule has 0 spiro atoms. The standard InChI is InChI=1S/C17H23NO3/c1-10-2-14(21-15(10)16(19)20)9-18-17-6-11-3-12(7-17)5-13(4-11)8-17/h2,11-13,18H,3-9H2,1H3,(H,19,20). The van der Waals surface area contributed by atoms with Gasteiger partial charge < -0.3 is 14.8 Å². The number of carbonyl (C=O) groups is 1. The molecule has 0 amide bonds. The van der Waals surface area contributed by atoms with Gasteiger partial charge in [-0.15, -0.1) is 0 Å². The zero-order valence-corrected chi connectivity index (χ0v) is 12.5. The summed E-state index contributed by atoms with van der Waals surface area (Å²) in [6.45, 7) is 2.45. The maximum absolute atomic E-state index is 11.0. The van der Waals surface area contributed by atoms with Gasteiger partial charge in [0.1, 0.15) is 5.76 Å². The van der Waals surface area contributed by atoms with E-state index in [1.165, 1.54) is 38.5 Å². The van der Waals surface area contributed by atoms with Crippen LogP contribution in [0.4, 0.5) is 0 Å². The van der Waals surface area contributed by atoms with Crippen LogP contribution in [0.2, 0.25) is 0 Å². The second-order valence-electron chi connectivity index (χ2n) is 7.58. The van der Waals surface area contributed by atoms with Gasteiger partial charge in [0.25, 0.3) is 0 Å². The molecule has 0 radical (unpaired) electrons. The Hall–Kier alpha value is -1.29. The van der Waals surface area contributed by atoms with Crippen molar-refractivity contribution in [3.63, 3.8) is 0 Å². The smallest absolute Gasteiger partial charge is 0.372 e. The predicted molar refractivity (Wildman–Crippen MR) is 78.1 cm³/mol. The molecule has 0 aliphatic heterocycles. The number of aromatic carboxylic acids is 1. The second kappa shape index (κ2) is 4.60. The molecule has 0 unspecified atom stereocenters. The monoisotopic (exact) mass is 289 g/mol. The summed E-state index contributed by atoms with van der Waals surface area (Å²) in [6.07, 6.45) is 8.19. The van der Waals surface area contributed by atoms with E-state index >= 15 is 0 Å². The number of aryl methyl sites for hydroxylation is 1. The fraction of sp³-hybridized carbons (Fsp3) is 0.706. The molecule has 0 aromatic carbocycles. The van der Waals surface area contributed by atoms with Crippen molar-refractivity contribution in [3.05, 3.63) is 23.2 Å². The summed E-state index contributed by atoms with van der Waals surface area (Å²) in [5.74, 6) is 2.59. The first-order chi connectivity index (χ1) is 10.0. The molecular weight excluding hydrogens is 266 g/mol. The average molecular weight is 289 g/mol. The zero-order chi connectivity index (χ0) is 14.6. The van der Waals surface area contributed by atoms with E-state index in [1.807, 2.05) is 6.07 Å². The molecule has 4 saturated carbocycles. The van der Waals surface area contributed by atoms with Gasteiger partial charge in [0.2, 0.25) is 5.76 Å². The predicted octanol–water partition coefficient (Wildman–Crippen LogP) is 3.34. The van der Waals surface area contributed by atoms with Crippen LogP contribution in [-0.2, 0) is 6.54 Å². The van der Waals surface area contributed by atoms with Gasteiger partial charge in [-0.05, 0) is 69.3 Å². The van der Waals surface area contributed by atoms with E-state index in [2.05, 4.69) is 5.32 Å². The van der Waals surface area contributed by atoms with Crippen LogP contribution >= 0.6 is 0 Å². The van der Waals surface area contributed by atoms with Crippen LogP contribution in [0, 0.1) is 24.7 Å². The van der Waals surface area contributed by atoms with E-state index in [1.54, 1.807) is 6.92 Å². The van der Waals surface area contributed by atoms with E-state index in [9.17, 15) is 4.79 Å². The van der Waals surface area contributed by atoms with Gasteiger partial charge in [-0.25, -0.2) is 4.79 Å². The van der Waals surface area contributed by atoms with Crippen LogP contribution in [0.25, 0.3) is 0 Å². The lowest BCUT2D eigenvalue weighted by Crippen LogP contribution is -2.58. The lowest BCUT2D eigenvalue weighted by Gasteiger charge is -2.57. The summed E-state index contributed by atoms with van der Waals surface area (Å²) < 4.78 is 5.48. The van der Waals surface area contributed by atoms with Crippen LogP contribution in [0.1, 0.15) is 60.4 Å². The summed E-state index contributed by atoms with van der Waals surface area (Å²) in [5, 5.41) is 12.8. The highest BCUT2D eigenvalue weighted by atomic mass is 16.4. The topological polar surface area (TPSA) is 62.5 Å². The highest BCUT2D eigenvalue weighted by Crippen LogP contribution is 2.55. The number of nitrogens with one attached hydrogen (secondary N) is 1. The fourth-order valence-corrected chi connectivity index (χ4v) is 5.45. The van der Waals surface area contributed by atoms with Crippen molar-refractivity contribution >= 4 is 5.97 Å². The first-order valence-electron chi connectivity index (χ1n) is 8.11. The van der Waals surface area contributed by atoms with Crippen molar-refractivity contribution in [1.82, 2.24) is 5.32 Å². The lowest BCUT2D eigenvalue weighted by molar-refractivity contribution is -0.0213. The lowest BCUT2D eigenvalue weighted by atomic mass is 9.53. The number of hydrogen-bond acceptors (Lipinski definition) is 3. The summed E-state index contributed by atoms with van der Waals surface area (Å²) >= 11 is 0. The van der Waals surface area contributed by atoms with Crippen molar-refractivity contribution in [1.29, 1.82) is 0 Å². The zero-order valence-electron chi connectivity index (χ0n) is 12.5. The van der Waals surface area contributed by atoms with Gasteiger partial charge in [-0.1, -0.05) is 0 Å². The third kappa shape index (κ3) is 2.30. The molecule has 0 atom stereocenters. The molecule has 0 saturated heterocycles. The first-order valence-corrected chi connectivity index (χ1v) is 8.11. The minimum Gasteiger partial charge on any atom is -0.475 e. The Labute approximate surface area is 124 Å². The molecule has 1 heterocycles. The van der Waals surface area contributed by atoms with Crippen molar-refractivity contribution in [2.24, 2.45) is 17.8 Å². The maximum atomic E-state index is 11.0. The van der Waals surface area contributed by atoms with E-state index in [4.69, 9.17) is 9.52 Å². The highest BCUT2D eigenvalue weighted by Gasteiger charge is 2.50. The molecule has 21 heavy (non-hydrogen) atoms. The molecule has 4 fully saturated rings. The quantitative estimate of drug-likeness (QED) is 0.892. The number of carboxylic acids is 1. The summed E-state index contributed by atoms with van der Waals surface area (Å²) in [7, 11) is 0. The molecule has 4 nitrogen and oxygen atoms in total. The highest BCUT2D eigenvalue weighted by molar-refractivity contribution is 5.86. The Kier molecular flexibility index (Phi) is 2.93. The first kappa shape index (κ1) is 13.4. The third-order valence-corrected chi connectivity index (χ3v) is 5.84. The minimum absolute atomic E-state index is 0.0808. The van der Waals surface area contributed by atoms with Gasteiger partial charge in [0.05, 0.1) is 6.54 Å². The van der Waals surface area contributed by atoms with Crippen LogP contribution in [0.5, 0.6) is 0 Å². The van der Waals surface area contributed by atoms with E-state index in [0.29, 0.717) is 17.6 Å². The Morgan fingerprint density at radius 1 is 1.29 bits per heavy atom. The van der Waals surface area contributed by atoms with Crippen molar-refractivity contribution < 1.29 is 14.3 Å². The molecular formula is C17H23NO3. The molecule has 4 aliphatic rings. The second-order valence-corrected chi connectivity index (χ2v) is 7.58. The molecule has 114 valence electrons. The molecule has 1 aromatic heterocycles. The van der Waals surface area contributed by atoms with Gasteiger partial charge in [0.15, 0.2) is 0 Å². The van der Waals surface area contributed by atoms with Crippen molar-refractivity contribution in [3.8, 4) is 0 Å². The maximum Gasteiger partial charge on any atom is 0.372 e. The van der Waals surface area contributed by atoms with Crippen LogP contribution < -0.4 is 5.32 Å².